The SMILES string of the molecule is CCNC1CCC(C(C)C)CC1S(=O)c1cccc(Cl)c1. The lowest BCUT2D eigenvalue weighted by molar-refractivity contribution is 0.245. The highest BCUT2D eigenvalue weighted by Crippen LogP contribution is 2.34. The van der Waals surface area contributed by atoms with E-state index < -0.39 is 10.8 Å². The second-order valence-corrected chi connectivity index (χ2v) is 8.38. The van der Waals surface area contributed by atoms with Crippen molar-refractivity contribution in [1.82, 2.24) is 5.32 Å². The topological polar surface area (TPSA) is 29.1 Å². The standard InChI is InChI=1S/C17H26ClNOS/c1-4-19-16-9-8-13(12(2)3)10-17(16)21(20)15-7-5-6-14(18)11-15/h5-7,11-13,16-17,19H,4,8-10H2,1-3H3. The maximum absolute atomic E-state index is 13.0. The van der Waals surface area contributed by atoms with E-state index >= 15 is 0 Å². The first-order valence-electron chi connectivity index (χ1n) is 7.92. The van der Waals surface area contributed by atoms with Gasteiger partial charge in [0.2, 0.25) is 0 Å². The quantitative estimate of drug-likeness (QED) is 0.876. The molecular formula is C17H26ClNOS. The lowest BCUT2D eigenvalue weighted by Crippen LogP contribution is -2.47. The lowest BCUT2D eigenvalue weighted by Gasteiger charge is -2.37. The van der Waals surface area contributed by atoms with Crippen molar-refractivity contribution in [3.63, 3.8) is 0 Å². The van der Waals surface area contributed by atoms with Gasteiger partial charge in [-0.25, -0.2) is 0 Å². The van der Waals surface area contributed by atoms with Crippen molar-refractivity contribution in [3.05, 3.63) is 29.3 Å². The third kappa shape index (κ3) is 4.30. The summed E-state index contributed by atoms with van der Waals surface area (Å²) in [5, 5.41) is 4.38. The molecule has 2 nitrogen and oxygen atoms in total. The Morgan fingerprint density at radius 1 is 1.38 bits per heavy atom. The second kappa shape index (κ2) is 7.75. The molecule has 1 aromatic rings. The van der Waals surface area contributed by atoms with E-state index in [1.165, 1.54) is 6.42 Å². The molecule has 0 aromatic heterocycles. The van der Waals surface area contributed by atoms with Gasteiger partial charge in [-0.05, 0) is 55.8 Å². The molecular weight excluding hydrogens is 302 g/mol. The van der Waals surface area contributed by atoms with E-state index in [0.29, 0.717) is 22.9 Å². The zero-order valence-corrected chi connectivity index (χ0v) is 14.7. The molecule has 4 unspecified atom stereocenters. The van der Waals surface area contributed by atoms with Gasteiger partial charge >= 0.3 is 0 Å². The first-order chi connectivity index (χ1) is 10.0. The third-order valence-electron chi connectivity index (χ3n) is 4.54. The van der Waals surface area contributed by atoms with Crippen LogP contribution in [0.15, 0.2) is 29.2 Å². The zero-order valence-electron chi connectivity index (χ0n) is 13.1. The molecule has 0 bridgehead atoms. The number of benzene rings is 1. The number of halogens is 1. The van der Waals surface area contributed by atoms with Gasteiger partial charge in [0.15, 0.2) is 0 Å². The number of hydrogen-bond donors (Lipinski definition) is 1. The van der Waals surface area contributed by atoms with Crippen molar-refractivity contribution >= 4 is 22.4 Å². The average Bonchev–Trinajstić information content (AvgIpc) is 2.47. The van der Waals surface area contributed by atoms with Crippen molar-refractivity contribution in [2.24, 2.45) is 11.8 Å². The molecule has 1 aliphatic rings. The summed E-state index contributed by atoms with van der Waals surface area (Å²) in [6.45, 7) is 7.60. The Morgan fingerprint density at radius 3 is 2.76 bits per heavy atom. The minimum absolute atomic E-state index is 0.185. The minimum Gasteiger partial charge on any atom is -0.313 e. The van der Waals surface area contributed by atoms with Gasteiger partial charge in [0.1, 0.15) is 0 Å². The predicted octanol–water partition coefficient (Wildman–Crippen LogP) is 4.25. The molecule has 0 aliphatic heterocycles. The molecule has 2 rings (SSSR count). The average molecular weight is 328 g/mol. The monoisotopic (exact) mass is 327 g/mol. The zero-order chi connectivity index (χ0) is 15.4. The number of nitrogens with one attached hydrogen (secondary N) is 1. The molecule has 1 saturated carbocycles. The smallest absolute Gasteiger partial charge is 0.0577 e. The van der Waals surface area contributed by atoms with E-state index in [1.54, 1.807) is 0 Å². The fraction of sp³-hybridized carbons (Fsp3) is 0.647. The highest BCUT2D eigenvalue weighted by molar-refractivity contribution is 7.85. The van der Waals surface area contributed by atoms with Crippen LogP contribution in [0.1, 0.15) is 40.0 Å². The fourth-order valence-corrected chi connectivity index (χ4v) is 5.28. The first-order valence-corrected chi connectivity index (χ1v) is 9.51. The summed E-state index contributed by atoms with van der Waals surface area (Å²) in [5.41, 5.74) is 0. The summed E-state index contributed by atoms with van der Waals surface area (Å²) in [7, 11) is -0.996. The number of rotatable bonds is 5. The summed E-state index contributed by atoms with van der Waals surface area (Å²) < 4.78 is 13.0. The van der Waals surface area contributed by atoms with Crippen LogP contribution in [0.4, 0.5) is 0 Å². The van der Waals surface area contributed by atoms with Crippen LogP contribution in [0.25, 0.3) is 0 Å². The van der Waals surface area contributed by atoms with Gasteiger partial charge in [0.25, 0.3) is 0 Å². The highest BCUT2D eigenvalue weighted by Gasteiger charge is 2.35. The second-order valence-electron chi connectivity index (χ2n) is 6.27. The van der Waals surface area contributed by atoms with Gasteiger partial charge < -0.3 is 5.32 Å². The Balaban J connectivity index is 2.20. The molecule has 1 N–H and O–H groups in total. The Hall–Kier alpha value is -0.380. The van der Waals surface area contributed by atoms with E-state index in [1.807, 2.05) is 24.3 Å². The van der Waals surface area contributed by atoms with Crippen molar-refractivity contribution in [2.45, 2.75) is 56.2 Å². The molecule has 4 atom stereocenters. The lowest BCUT2D eigenvalue weighted by atomic mass is 9.79. The van der Waals surface area contributed by atoms with Crippen LogP contribution in [-0.4, -0.2) is 22.0 Å². The Kier molecular flexibility index (Phi) is 6.27. The van der Waals surface area contributed by atoms with Gasteiger partial charge in [-0.3, -0.25) is 4.21 Å². The molecule has 4 heteroatoms. The minimum atomic E-state index is -0.996. The van der Waals surface area contributed by atoms with Crippen LogP contribution in [0.3, 0.4) is 0 Å². The summed E-state index contributed by atoms with van der Waals surface area (Å²) in [5.74, 6) is 1.33. The predicted molar refractivity (Wildman–Crippen MR) is 91.3 cm³/mol. The van der Waals surface area contributed by atoms with E-state index in [4.69, 9.17) is 11.6 Å². The molecule has 1 fully saturated rings. The maximum atomic E-state index is 13.0. The van der Waals surface area contributed by atoms with Crippen molar-refractivity contribution in [3.8, 4) is 0 Å². The normalized spacial score (nSPS) is 27.8. The molecule has 0 radical (unpaired) electrons. The van der Waals surface area contributed by atoms with Gasteiger partial charge in [-0.2, -0.15) is 0 Å². The Bertz CT molecular complexity index is 491. The van der Waals surface area contributed by atoms with Gasteiger partial charge in [0.05, 0.1) is 16.0 Å². The first kappa shape index (κ1) is 17.0. The van der Waals surface area contributed by atoms with Gasteiger partial charge in [-0.1, -0.05) is 38.4 Å². The van der Waals surface area contributed by atoms with Crippen molar-refractivity contribution in [1.29, 1.82) is 0 Å². The van der Waals surface area contributed by atoms with Crippen molar-refractivity contribution < 1.29 is 4.21 Å². The highest BCUT2D eigenvalue weighted by atomic mass is 35.5. The van der Waals surface area contributed by atoms with Crippen LogP contribution in [0.5, 0.6) is 0 Å². The third-order valence-corrected chi connectivity index (χ3v) is 6.57. The molecule has 1 aliphatic carbocycles. The summed E-state index contributed by atoms with van der Waals surface area (Å²) in [4.78, 5) is 0.861. The van der Waals surface area contributed by atoms with Crippen molar-refractivity contribution in [2.75, 3.05) is 6.54 Å². The van der Waals surface area contributed by atoms with E-state index in [2.05, 4.69) is 26.1 Å². The molecule has 118 valence electrons. The molecule has 0 saturated heterocycles. The Labute approximate surface area is 136 Å². The van der Waals surface area contributed by atoms with E-state index in [-0.39, 0.29) is 5.25 Å². The molecule has 0 heterocycles. The van der Waals surface area contributed by atoms with Gasteiger partial charge in [-0.15, -0.1) is 0 Å². The fourth-order valence-electron chi connectivity index (χ4n) is 3.26. The molecule has 21 heavy (non-hydrogen) atoms. The maximum Gasteiger partial charge on any atom is 0.0577 e. The van der Waals surface area contributed by atoms with Crippen LogP contribution in [0.2, 0.25) is 5.02 Å². The van der Waals surface area contributed by atoms with Crippen LogP contribution >= 0.6 is 11.6 Å². The number of hydrogen-bond acceptors (Lipinski definition) is 2. The van der Waals surface area contributed by atoms with Crippen LogP contribution < -0.4 is 5.32 Å². The summed E-state index contributed by atoms with van der Waals surface area (Å²) in [6, 6.07) is 7.86. The van der Waals surface area contributed by atoms with Gasteiger partial charge in [0, 0.05) is 16.0 Å². The van der Waals surface area contributed by atoms with E-state index in [9.17, 15) is 4.21 Å². The van der Waals surface area contributed by atoms with Crippen LogP contribution in [-0.2, 0) is 10.8 Å². The largest absolute Gasteiger partial charge is 0.313 e. The molecule has 1 aromatic carbocycles. The summed E-state index contributed by atoms with van der Waals surface area (Å²) >= 11 is 6.05. The molecule has 0 amide bonds. The Morgan fingerprint density at radius 2 is 2.14 bits per heavy atom. The summed E-state index contributed by atoms with van der Waals surface area (Å²) in [6.07, 6.45) is 3.39. The van der Waals surface area contributed by atoms with E-state index in [0.717, 1.165) is 24.3 Å². The van der Waals surface area contributed by atoms with Crippen LogP contribution in [0, 0.1) is 11.8 Å². The molecule has 0 spiro atoms.